The summed E-state index contributed by atoms with van der Waals surface area (Å²) in [5.74, 6) is 0. The monoisotopic (exact) mass is 200 g/mol. The standard InChI is InChI=1S/C12H12N2O/c15-8-9-7-14(10-3-1-4-10)12-11(9)5-2-6-13-12/h2,5-8,10H,1,3-4H2. The van der Waals surface area contributed by atoms with E-state index in [4.69, 9.17) is 0 Å². The Labute approximate surface area is 87.7 Å². The minimum Gasteiger partial charge on any atom is -0.329 e. The van der Waals surface area contributed by atoms with E-state index >= 15 is 0 Å². The Morgan fingerprint density at radius 3 is 3.00 bits per heavy atom. The Morgan fingerprint density at radius 1 is 1.47 bits per heavy atom. The lowest BCUT2D eigenvalue weighted by Gasteiger charge is -2.27. The van der Waals surface area contributed by atoms with Gasteiger partial charge in [0.2, 0.25) is 0 Å². The molecule has 3 nitrogen and oxygen atoms in total. The van der Waals surface area contributed by atoms with E-state index in [-0.39, 0.29) is 0 Å². The Kier molecular flexibility index (Phi) is 1.84. The average Bonchev–Trinajstić information content (AvgIpc) is 2.55. The maximum atomic E-state index is 10.9. The van der Waals surface area contributed by atoms with Crippen molar-refractivity contribution in [1.29, 1.82) is 0 Å². The largest absolute Gasteiger partial charge is 0.329 e. The van der Waals surface area contributed by atoms with Crippen LogP contribution in [0.1, 0.15) is 35.7 Å². The van der Waals surface area contributed by atoms with Gasteiger partial charge in [-0.25, -0.2) is 4.98 Å². The Hall–Kier alpha value is -1.64. The second kappa shape index (κ2) is 3.19. The summed E-state index contributed by atoms with van der Waals surface area (Å²) in [5.41, 5.74) is 1.70. The van der Waals surface area contributed by atoms with Gasteiger partial charge in [-0.1, -0.05) is 0 Å². The van der Waals surface area contributed by atoms with Crippen molar-refractivity contribution in [1.82, 2.24) is 9.55 Å². The van der Waals surface area contributed by atoms with Gasteiger partial charge in [-0.3, -0.25) is 4.79 Å². The van der Waals surface area contributed by atoms with Gasteiger partial charge in [-0.2, -0.15) is 0 Å². The quantitative estimate of drug-likeness (QED) is 0.698. The number of carbonyl (C=O) groups excluding carboxylic acids is 1. The zero-order chi connectivity index (χ0) is 10.3. The number of pyridine rings is 1. The highest BCUT2D eigenvalue weighted by Gasteiger charge is 2.22. The number of rotatable bonds is 2. The van der Waals surface area contributed by atoms with Crippen LogP contribution in [0.15, 0.2) is 24.5 Å². The smallest absolute Gasteiger partial charge is 0.152 e. The molecular weight excluding hydrogens is 188 g/mol. The fourth-order valence-electron chi connectivity index (χ4n) is 2.15. The highest BCUT2D eigenvalue weighted by Crippen LogP contribution is 2.34. The van der Waals surface area contributed by atoms with Gasteiger partial charge in [0.25, 0.3) is 0 Å². The molecule has 0 saturated heterocycles. The molecule has 2 aromatic rings. The van der Waals surface area contributed by atoms with Crippen molar-refractivity contribution in [2.75, 3.05) is 0 Å². The molecule has 1 aliphatic rings. The van der Waals surface area contributed by atoms with Gasteiger partial charge in [0.1, 0.15) is 5.65 Å². The molecule has 0 atom stereocenters. The fourth-order valence-corrected chi connectivity index (χ4v) is 2.15. The molecule has 1 saturated carbocycles. The van der Waals surface area contributed by atoms with E-state index in [0.29, 0.717) is 6.04 Å². The molecule has 76 valence electrons. The number of aromatic nitrogens is 2. The summed E-state index contributed by atoms with van der Waals surface area (Å²) in [6, 6.07) is 4.39. The number of nitrogens with zero attached hydrogens (tertiary/aromatic N) is 2. The van der Waals surface area contributed by atoms with Gasteiger partial charge in [0.05, 0.1) is 0 Å². The molecule has 0 bridgehead atoms. The molecule has 3 heteroatoms. The SMILES string of the molecule is O=Cc1cn(C2CCC2)c2ncccc12. The van der Waals surface area contributed by atoms with E-state index in [1.165, 1.54) is 19.3 Å². The Morgan fingerprint density at radius 2 is 2.33 bits per heavy atom. The summed E-state index contributed by atoms with van der Waals surface area (Å²) in [6.07, 6.45) is 8.34. The van der Waals surface area contributed by atoms with Crippen molar-refractivity contribution in [3.63, 3.8) is 0 Å². The van der Waals surface area contributed by atoms with Gasteiger partial charge in [-0.05, 0) is 31.4 Å². The number of hydrogen-bond acceptors (Lipinski definition) is 2. The Balaban J connectivity index is 2.24. The number of hydrogen-bond donors (Lipinski definition) is 0. The van der Waals surface area contributed by atoms with Crippen LogP contribution >= 0.6 is 0 Å². The molecule has 2 heterocycles. The molecule has 0 unspecified atom stereocenters. The summed E-state index contributed by atoms with van der Waals surface area (Å²) in [5, 5.41) is 0.972. The molecule has 1 fully saturated rings. The van der Waals surface area contributed by atoms with Crippen LogP contribution in [0.3, 0.4) is 0 Å². The summed E-state index contributed by atoms with van der Waals surface area (Å²) < 4.78 is 2.16. The second-order valence-electron chi connectivity index (χ2n) is 4.07. The molecule has 3 rings (SSSR count). The van der Waals surface area contributed by atoms with Gasteiger partial charge in [0.15, 0.2) is 6.29 Å². The van der Waals surface area contributed by atoms with Crippen molar-refractivity contribution < 1.29 is 4.79 Å². The first kappa shape index (κ1) is 8.65. The second-order valence-corrected chi connectivity index (χ2v) is 4.07. The summed E-state index contributed by atoms with van der Waals surface area (Å²) >= 11 is 0. The van der Waals surface area contributed by atoms with Gasteiger partial charge >= 0.3 is 0 Å². The summed E-state index contributed by atoms with van der Waals surface area (Å²) in [7, 11) is 0. The van der Waals surface area contributed by atoms with Crippen LogP contribution in [0, 0.1) is 0 Å². The van der Waals surface area contributed by atoms with E-state index in [2.05, 4.69) is 9.55 Å². The highest BCUT2D eigenvalue weighted by atomic mass is 16.1. The average molecular weight is 200 g/mol. The summed E-state index contributed by atoms with van der Waals surface area (Å²) in [4.78, 5) is 15.3. The van der Waals surface area contributed by atoms with Gasteiger partial charge in [0, 0.05) is 29.4 Å². The lowest BCUT2D eigenvalue weighted by atomic mass is 9.93. The Bertz CT molecular complexity index is 511. The van der Waals surface area contributed by atoms with Crippen LogP contribution in [-0.2, 0) is 0 Å². The van der Waals surface area contributed by atoms with Crippen LogP contribution < -0.4 is 0 Å². The topological polar surface area (TPSA) is 34.9 Å². The molecule has 0 aliphatic heterocycles. The van der Waals surface area contributed by atoms with E-state index in [0.717, 1.165) is 22.9 Å². The normalized spacial score (nSPS) is 16.5. The van der Waals surface area contributed by atoms with Crippen LogP contribution in [-0.4, -0.2) is 15.8 Å². The predicted molar refractivity (Wildman–Crippen MR) is 58.0 cm³/mol. The first-order chi connectivity index (χ1) is 7.40. The first-order valence-corrected chi connectivity index (χ1v) is 5.31. The van der Waals surface area contributed by atoms with Crippen molar-refractivity contribution >= 4 is 17.3 Å². The van der Waals surface area contributed by atoms with Crippen LogP contribution in [0.25, 0.3) is 11.0 Å². The van der Waals surface area contributed by atoms with E-state index in [1.807, 2.05) is 18.3 Å². The minimum absolute atomic E-state index is 0.552. The van der Waals surface area contributed by atoms with E-state index in [1.54, 1.807) is 6.20 Å². The maximum Gasteiger partial charge on any atom is 0.152 e. The third-order valence-electron chi connectivity index (χ3n) is 3.22. The third-order valence-corrected chi connectivity index (χ3v) is 3.22. The zero-order valence-corrected chi connectivity index (χ0v) is 8.39. The van der Waals surface area contributed by atoms with Crippen LogP contribution in [0.4, 0.5) is 0 Å². The molecule has 15 heavy (non-hydrogen) atoms. The van der Waals surface area contributed by atoms with Gasteiger partial charge < -0.3 is 4.57 Å². The number of aldehydes is 1. The van der Waals surface area contributed by atoms with Crippen LogP contribution in [0.2, 0.25) is 0 Å². The molecule has 0 amide bonds. The van der Waals surface area contributed by atoms with Crippen LogP contribution in [0.5, 0.6) is 0 Å². The first-order valence-electron chi connectivity index (χ1n) is 5.31. The lowest BCUT2D eigenvalue weighted by Crippen LogP contribution is -2.16. The molecule has 1 aliphatic carbocycles. The molecule has 2 aromatic heterocycles. The predicted octanol–water partition coefficient (Wildman–Crippen LogP) is 2.57. The molecule has 0 N–H and O–H groups in total. The van der Waals surface area contributed by atoms with Crippen molar-refractivity contribution in [3.8, 4) is 0 Å². The van der Waals surface area contributed by atoms with E-state index in [9.17, 15) is 4.79 Å². The lowest BCUT2D eigenvalue weighted by molar-refractivity contribution is 0.112. The fraction of sp³-hybridized carbons (Fsp3) is 0.333. The maximum absolute atomic E-state index is 10.9. The number of fused-ring (bicyclic) bond motifs is 1. The molecule has 0 aromatic carbocycles. The molecular formula is C12H12N2O. The number of carbonyl (C=O) groups is 1. The van der Waals surface area contributed by atoms with Crippen molar-refractivity contribution in [3.05, 3.63) is 30.1 Å². The molecule has 0 spiro atoms. The highest BCUT2D eigenvalue weighted by molar-refractivity contribution is 5.96. The molecule has 0 radical (unpaired) electrons. The van der Waals surface area contributed by atoms with Gasteiger partial charge in [-0.15, -0.1) is 0 Å². The van der Waals surface area contributed by atoms with Crippen molar-refractivity contribution in [2.45, 2.75) is 25.3 Å². The zero-order valence-electron chi connectivity index (χ0n) is 8.39. The third kappa shape index (κ3) is 1.19. The van der Waals surface area contributed by atoms with Crippen molar-refractivity contribution in [2.24, 2.45) is 0 Å². The summed E-state index contributed by atoms with van der Waals surface area (Å²) in [6.45, 7) is 0. The van der Waals surface area contributed by atoms with E-state index < -0.39 is 0 Å². The minimum atomic E-state index is 0.552.